The van der Waals surface area contributed by atoms with Gasteiger partial charge < -0.3 is 0 Å². The van der Waals surface area contributed by atoms with Crippen LogP contribution in [0, 0.1) is 0 Å². The zero-order valence-electron chi connectivity index (χ0n) is 1.73. The Morgan fingerprint density at radius 3 is 1.25 bits per heavy atom. The molecule has 0 unspecified atom stereocenters. The van der Waals surface area contributed by atoms with Gasteiger partial charge in [-0.1, -0.05) is 0 Å². The van der Waals surface area contributed by atoms with Gasteiger partial charge in [-0.25, -0.2) is 0 Å². The van der Waals surface area contributed by atoms with Crippen molar-refractivity contribution in [3.8, 4) is 0 Å². The van der Waals surface area contributed by atoms with Gasteiger partial charge in [0.15, 0.2) is 0 Å². The molecule has 0 spiro atoms. The molecule has 0 N–H and O–H groups in total. The third kappa shape index (κ3) is 9.12. The first-order valence-electron chi connectivity index (χ1n) is 0.123. The van der Waals surface area contributed by atoms with Crippen LogP contribution in [-0.2, 0) is 40.2 Å². The van der Waals surface area contributed by atoms with Crippen LogP contribution >= 0.6 is 0 Å². The summed E-state index contributed by atoms with van der Waals surface area (Å²) in [6, 6.07) is 0. The average Bonchev–Trinajstić information content (AvgIpc) is 1.00. The van der Waals surface area contributed by atoms with Crippen LogP contribution in [0.25, 0.3) is 0 Å². The van der Waals surface area contributed by atoms with E-state index in [9.17, 15) is 0 Å². The Morgan fingerprint density at radius 1 is 1.25 bits per heavy atom. The molecule has 1 nitrogen and oxygen atoms in total. The Labute approximate surface area is 65.7 Å². The van der Waals surface area contributed by atoms with Gasteiger partial charge in [-0.2, -0.15) is 0 Å². The first kappa shape index (κ1) is 16.9. The van der Waals surface area contributed by atoms with Gasteiger partial charge in [-0.3, -0.25) is 0 Å². The van der Waals surface area contributed by atoms with Gasteiger partial charge in [0.1, 0.15) is 0 Å². The maximum atomic E-state index is 7.81. The molecule has 4 heavy (non-hydrogen) atoms. The van der Waals surface area contributed by atoms with Crippen LogP contribution in [0.15, 0.2) is 0 Å². The van der Waals surface area contributed by atoms with Crippen LogP contribution in [0.2, 0.25) is 0 Å². The summed E-state index contributed by atoms with van der Waals surface area (Å²) in [5, 5.41) is 0. The topological polar surface area (TPSA) is 17.1 Å². The number of rotatable bonds is 0. The average molecular weight is 398 g/mol. The number of hydrogen-bond acceptors (Lipinski definition) is 1. The molecule has 0 aliphatic heterocycles. The zero-order valence-corrected chi connectivity index (χ0v) is 9.73. The fourth-order valence-corrected chi connectivity index (χ4v) is 0. The van der Waals surface area contributed by atoms with Crippen LogP contribution in [0.1, 0.15) is 0 Å². The Morgan fingerprint density at radius 2 is 1.25 bits per heavy atom. The molecule has 0 aliphatic rings. The van der Waals surface area contributed by atoms with Crippen LogP contribution in [0.5, 0.6) is 0 Å². The van der Waals surface area contributed by atoms with Crippen LogP contribution in [0.4, 0.5) is 0 Å². The van der Waals surface area contributed by atoms with E-state index in [0.717, 1.165) is 0 Å². The van der Waals surface area contributed by atoms with E-state index < -0.39 is 0 Å². The fraction of sp³-hybridized carbons (Fsp3) is 0. The van der Waals surface area contributed by atoms with Gasteiger partial charge in [0.05, 0.1) is 0 Å². The molecular formula is H3BiCuOPd. The monoisotopic (exact) mass is 397 g/mol. The summed E-state index contributed by atoms with van der Waals surface area (Å²) < 4.78 is 7.81. The van der Waals surface area contributed by atoms with E-state index in [1.54, 1.807) is 0 Å². The Kier molecular flexibility index (Phi) is 88.3. The molecule has 35 valence electrons. The summed E-state index contributed by atoms with van der Waals surface area (Å²) in [5.41, 5.74) is 0. The smallest absolute Gasteiger partial charge is 0 e. The minimum Gasteiger partial charge on any atom is 0 e. The standard InChI is InChI=1S/Bi.Cu.O.Pd.3H. The van der Waals surface area contributed by atoms with E-state index in [1.807, 2.05) is 0 Å². The molecule has 0 atom stereocenters. The predicted octanol–water partition coefficient (Wildman–Crippen LogP) is -1.31. The quantitative estimate of drug-likeness (QED) is 0.464. The summed E-state index contributed by atoms with van der Waals surface area (Å²) in [5.74, 6) is 0. The molecule has 4 heteroatoms. The Hall–Kier alpha value is 1.86. The van der Waals surface area contributed by atoms with Crippen LogP contribution < -0.4 is 0 Å². The molecule has 0 saturated heterocycles. The summed E-state index contributed by atoms with van der Waals surface area (Å²) in [4.78, 5) is 0. The van der Waals surface area contributed by atoms with Crippen LogP contribution in [-0.4, -0.2) is 26.2 Å². The minimum atomic E-state index is 0. The van der Waals surface area contributed by atoms with Crippen molar-refractivity contribution in [3.63, 3.8) is 0 Å². The zero-order chi connectivity index (χ0) is 2.00. The van der Waals surface area contributed by atoms with Crippen molar-refractivity contribution in [1.29, 1.82) is 0 Å². The van der Waals surface area contributed by atoms with Crippen molar-refractivity contribution in [3.05, 3.63) is 0 Å². The Balaban J connectivity index is -0.00000000500. The van der Waals surface area contributed by atoms with Crippen molar-refractivity contribution in [2.24, 2.45) is 0 Å². The van der Waals surface area contributed by atoms with Gasteiger partial charge in [-0.05, 0) is 0 Å². The molecule has 0 amide bonds. The van der Waals surface area contributed by atoms with Crippen molar-refractivity contribution in [1.82, 2.24) is 0 Å². The first-order chi connectivity index (χ1) is 1.00. The molecule has 0 aromatic rings. The second-order valence-electron chi connectivity index (χ2n) is 0. The molecule has 0 radical (unpaired) electrons. The van der Waals surface area contributed by atoms with Crippen molar-refractivity contribution >= 4 is 26.2 Å². The maximum Gasteiger partial charge on any atom is 0 e. The van der Waals surface area contributed by atoms with E-state index in [-0.39, 0.29) is 46.6 Å². The van der Waals surface area contributed by atoms with Gasteiger partial charge >= 0.3 is 46.0 Å². The van der Waals surface area contributed by atoms with Gasteiger partial charge in [-0.15, -0.1) is 0 Å². The summed E-state index contributed by atoms with van der Waals surface area (Å²) >= 11 is 2.94. The van der Waals surface area contributed by atoms with E-state index >= 15 is 0 Å². The maximum absolute atomic E-state index is 7.81. The van der Waals surface area contributed by atoms with Crippen molar-refractivity contribution in [2.45, 2.75) is 0 Å². The first-order valence-corrected chi connectivity index (χ1v) is 0.508. The SMILES string of the molecule is [BiH3].[O]=[Cu].[Pd]. The summed E-state index contributed by atoms with van der Waals surface area (Å²) in [6.07, 6.45) is 0. The van der Waals surface area contributed by atoms with Crippen molar-refractivity contribution in [2.75, 3.05) is 0 Å². The molecule has 0 heterocycles. The molecular weight excluding hydrogens is 395 g/mol. The van der Waals surface area contributed by atoms with Gasteiger partial charge in [0, 0.05) is 20.4 Å². The molecule has 0 fully saturated rings. The van der Waals surface area contributed by atoms with E-state index in [0.29, 0.717) is 0 Å². The van der Waals surface area contributed by atoms with Gasteiger partial charge in [0.2, 0.25) is 0 Å². The Bertz CT molecular complexity index is 8.00. The largest absolute Gasteiger partial charge is 0 e. The van der Waals surface area contributed by atoms with E-state index in [1.165, 1.54) is 0 Å². The third-order valence-corrected chi connectivity index (χ3v) is 0. The molecule has 0 rings (SSSR count). The van der Waals surface area contributed by atoms with E-state index in [2.05, 4.69) is 15.9 Å². The van der Waals surface area contributed by atoms with Crippen molar-refractivity contribution < 1.29 is 40.2 Å². The van der Waals surface area contributed by atoms with Crippen LogP contribution in [0.3, 0.4) is 0 Å². The summed E-state index contributed by atoms with van der Waals surface area (Å²) in [6.45, 7) is 0. The fourth-order valence-electron chi connectivity index (χ4n) is 0. The molecule has 0 aromatic carbocycles. The van der Waals surface area contributed by atoms with E-state index in [4.69, 9.17) is 3.83 Å². The molecule has 0 bridgehead atoms. The van der Waals surface area contributed by atoms with Gasteiger partial charge in [0.25, 0.3) is 0 Å². The predicted molar refractivity (Wildman–Crippen MR) is 10.6 cm³/mol. The normalized spacial score (nSPS) is 1.50. The summed E-state index contributed by atoms with van der Waals surface area (Å²) in [7, 11) is 0. The second kappa shape index (κ2) is 20.9. The molecule has 0 aromatic heterocycles. The third-order valence-electron chi connectivity index (χ3n) is 0. The molecule has 0 saturated carbocycles. The molecule has 0 aliphatic carbocycles. The second-order valence-corrected chi connectivity index (χ2v) is 0. The minimum absolute atomic E-state index is 0. The number of hydrogen-bond donors (Lipinski definition) is 0.